The minimum Gasteiger partial charge on any atom is -0.423 e. The summed E-state index contributed by atoms with van der Waals surface area (Å²) in [6, 6.07) is 24.1. The molecule has 3 nitrogen and oxygen atoms in total. The van der Waals surface area contributed by atoms with Crippen LogP contribution >= 0.6 is 0 Å². The number of hydrogen-bond acceptors (Lipinski definition) is 2. The van der Waals surface area contributed by atoms with Crippen LogP contribution in [0.15, 0.2) is 91.5 Å². The topological polar surface area (TPSA) is 45.4 Å². The highest BCUT2D eigenvalue weighted by Gasteiger charge is 2.17. The number of para-hydroxylation sites is 1. The maximum Gasteiger partial charge on any atom is 0.488 e. The summed E-state index contributed by atoms with van der Waals surface area (Å²) in [5.41, 5.74) is 7.00. The first-order chi connectivity index (χ1) is 15.6. The Morgan fingerprint density at radius 3 is 2.28 bits per heavy atom. The second kappa shape index (κ2) is 10.8. The highest BCUT2D eigenvalue weighted by molar-refractivity contribution is 6.58. The average molecular weight is 423 g/mol. The standard InChI is InChI=1S/C26H24BNO2.C2H6/c1-3-5-14-23-24-18-20(19-10-9-11-21(17-19)27(29)30)15-16-26(24)28(25(23)4-2)22-12-7-6-8-13-22;1-2/h3-13,15-18,29-30H,2,14H2,1H3;1-2H3/b5-3-;. The van der Waals surface area contributed by atoms with Gasteiger partial charge in [0.2, 0.25) is 0 Å². The lowest BCUT2D eigenvalue weighted by molar-refractivity contribution is 0.426. The first kappa shape index (κ1) is 23.3. The van der Waals surface area contributed by atoms with Crippen molar-refractivity contribution in [2.24, 2.45) is 0 Å². The van der Waals surface area contributed by atoms with Gasteiger partial charge in [0.15, 0.2) is 0 Å². The third kappa shape index (κ3) is 4.62. The molecule has 0 radical (unpaired) electrons. The summed E-state index contributed by atoms with van der Waals surface area (Å²) in [6.07, 6.45) is 6.96. The molecule has 32 heavy (non-hydrogen) atoms. The fraction of sp³-hybridized carbons (Fsp3) is 0.143. The van der Waals surface area contributed by atoms with E-state index in [1.807, 2.05) is 63.2 Å². The summed E-state index contributed by atoms with van der Waals surface area (Å²) in [4.78, 5) is 0. The first-order valence-corrected chi connectivity index (χ1v) is 11.1. The molecule has 1 aromatic heterocycles. The minimum atomic E-state index is -1.48. The van der Waals surface area contributed by atoms with Gasteiger partial charge in [-0.2, -0.15) is 0 Å². The first-order valence-electron chi connectivity index (χ1n) is 11.1. The van der Waals surface area contributed by atoms with E-state index in [-0.39, 0.29) is 0 Å². The Morgan fingerprint density at radius 2 is 1.62 bits per heavy atom. The zero-order valence-corrected chi connectivity index (χ0v) is 19.0. The summed E-state index contributed by atoms with van der Waals surface area (Å²) in [5, 5.41) is 20.2. The maximum atomic E-state index is 9.54. The quantitative estimate of drug-likeness (QED) is 0.306. The molecule has 4 aromatic rings. The van der Waals surface area contributed by atoms with Crippen molar-refractivity contribution in [1.29, 1.82) is 0 Å². The number of benzene rings is 3. The Kier molecular flexibility index (Phi) is 7.88. The van der Waals surface area contributed by atoms with Crippen molar-refractivity contribution in [1.82, 2.24) is 4.57 Å². The number of hydrogen-bond donors (Lipinski definition) is 2. The van der Waals surface area contributed by atoms with E-state index in [0.717, 1.165) is 34.4 Å². The normalized spacial score (nSPS) is 10.8. The van der Waals surface area contributed by atoms with Gasteiger partial charge in [0, 0.05) is 16.8 Å². The Bertz CT molecular complexity index is 1220. The molecule has 0 aliphatic heterocycles. The van der Waals surface area contributed by atoms with Gasteiger partial charge >= 0.3 is 7.12 Å². The number of allylic oxidation sites excluding steroid dienone is 2. The summed E-state index contributed by atoms with van der Waals surface area (Å²) >= 11 is 0. The van der Waals surface area contributed by atoms with Crippen LogP contribution in [0.5, 0.6) is 0 Å². The highest BCUT2D eigenvalue weighted by Crippen LogP contribution is 2.34. The van der Waals surface area contributed by atoms with Gasteiger partial charge < -0.3 is 14.6 Å². The minimum absolute atomic E-state index is 0.482. The maximum absolute atomic E-state index is 9.54. The third-order valence-electron chi connectivity index (χ3n) is 5.40. The number of nitrogens with zero attached hydrogens (tertiary/aromatic N) is 1. The number of aromatic nitrogens is 1. The lowest BCUT2D eigenvalue weighted by Crippen LogP contribution is -2.29. The van der Waals surface area contributed by atoms with Crippen molar-refractivity contribution in [2.75, 3.05) is 0 Å². The molecule has 1 heterocycles. The lowest BCUT2D eigenvalue weighted by Gasteiger charge is -2.09. The van der Waals surface area contributed by atoms with Crippen LogP contribution in [0.25, 0.3) is 33.8 Å². The molecule has 0 saturated carbocycles. The van der Waals surface area contributed by atoms with Crippen LogP contribution in [0.3, 0.4) is 0 Å². The van der Waals surface area contributed by atoms with Gasteiger partial charge in [0.25, 0.3) is 0 Å². The van der Waals surface area contributed by atoms with E-state index in [9.17, 15) is 10.0 Å². The second-order valence-corrected chi connectivity index (χ2v) is 7.24. The van der Waals surface area contributed by atoms with Crippen LogP contribution in [0, 0.1) is 0 Å². The molecule has 0 spiro atoms. The molecule has 162 valence electrons. The van der Waals surface area contributed by atoms with E-state index >= 15 is 0 Å². The highest BCUT2D eigenvalue weighted by atomic mass is 16.4. The molecule has 4 rings (SSSR count). The predicted molar refractivity (Wildman–Crippen MR) is 138 cm³/mol. The van der Waals surface area contributed by atoms with Crippen molar-refractivity contribution in [3.63, 3.8) is 0 Å². The summed E-state index contributed by atoms with van der Waals surface area (Å²) in [7, 11) is -1.48. The monoisotopic (exact) mass is 423 g/mol. The van der Waals surface area contributed by atoms with Crippen LogP contribution in [-0.4, -0.2) is 21.7 Å². The Labute approximate surface area is 191 Å². The molecule has 3 aromatic carbocycles. The van der Waals surface area contributed by atoms with Crippen LogP contribution < -0.4 is 5.46 Å². The second-order valence-electron chi connectivity index (χ2n) is 7.24. The van der Waals surface area contributed by atoms with E-state index in [0.29, 0.717) is 5.46 Å². The van der Waals surface area contributed by atoms with Crippen molar-refractivity contribution >= 4 is 29.6 Å². The molecule has 0 bridgehead atoms. The Morgan fingerprint density at radius 1 is 0.906 bits per heavy atom. The van der Waals surface area contributed by atoms with Gasteiger partial charge in [-0.05, 0) is 65.8 Å². The number of fused-ring (bicyclic) bond motifs is 1. The van der Waals surface area contributed by atoms with Crippen molar-refractivity contribution in [3.05, 3.63) is 103 Å². The molecule has 0 amide bonds. The van der Waals surface area contributed by atoms with Crippen LogP contribution in [0.4, 0.5) is 0 Å². The van der Waals surface area contributed by atoms with Gasteiger partial charge in [-0.25, -0.2) is 0 Å². The Balaban J connectivity index is 0.00000141. The Hall–Kier alpha value is -3.34. The molecule has 0 atom stereocenters. The molecule has 0 saturated heterocycles. The molecule has 0 fully saturated rings. The fourth-order valence-corrected chi connectivity index (χ4v) is 3.95. The largest absolute Gasteiger partial charge is 0.488 e. The predicted octanol–water partition coefficient (Wildman–Crippen LogP) is 5.77. The number of rotatable bonds is 6. The van der Waals surface area contributed by atoms with Gasteiger partial charge in [-0.15, -0.1) is 0 Å². The average Bonchev–Trinajstić information content (AvgIpc) is 3.17. The molecule has 0 unspecified atom stereocenters. The van der Waals surface area contributed by atoms with E-state index in [2.05, 4.69) is 53.6 Å². The fourth-order valence-electron chi connectivity index (χ4n) is 3.95. The molecule has 2 N–H and O–H groups in total. The molecular formula is C28H30BNO2. The van der Waals surface area contributed by atoms with Crippen molar-refractivity contribution < 1.29 is 10.0 Å². The van der Waals surface area contributed by atoms with Gasteiger partial charge in [0.05, 0.1) is 5.52 Å². The van der Waals surface area contributed by atoms with Gasteiger partial charge in [0.1, 0.15) is 0 Å². The van der Waals surface area contributed by atoms with Crippen LogP contribution in [-0.2, 0) is 6.42 Å². The van der Waals surface area contributed by atoms with Crippen LogP contribution in [0.2, 0.25) is 0 Å². The van der Waals surface area contributed by atoms with E-state index in [1.54, 1.807) is 6.07 Å². The van der Waals surface area contributed by atoms with Crippen molar-refractivity contribution in [3.8, 4) is 16.8 Å². The summed E-state index contributed by atoms with van der Waals surface area (Å²) < 4.78 is 2.25. The SMILES string of the molecule is C=Cc1c(C/C=C\C)c2cc(-c3cccc(B(O)O)c3)ccc2n1-c1ccccc1.CC. The van der Waals surface area contributed by atoms with Crippen molar-refractivity contribution in [2.45, 2.75) is 27.2 Å². The summed E-state index contributed by atoms with van der Waals surface area (Å²) in [6.45, 7) is 10.1. The third-order valence-corrected chi connectivity index (χ3v) is 5.40. The smallest absolute Gasteiger partial charge is 0.423 e. The van der Waals surface area contributed by atoms with E-state index < -0.39 is 7.12 Å². The van der Waals surface area contributed by atoms with Gasteiger partial charge in [-0.3, -0.25) is 0 Å². The zero-order valence-electron chi connectivity index (χ0n) is 19.0. The molecular weight excluding hydrogens is 393 g/mol. The molecule has 4 heteroatoms. The zero-order chi connectivity index (χ0) is 23.1. The lowest BCUT2D eigenvalue weighted by atomic mass is 9.79. The van der Waals surface area contributed by atoms with E-state index in [1.165, 1.54) is 10.9 Å². The van der Waals surface area contributed by atoms with Gasteiger partial charge in [-0.1, -0.05) is 81.1 Å². The molecule has 0 aliphatic rings. The molecule has 0 aliphatic carbocycles. The van der Waals surface area contributed by atoms with Crippen LogP contribution in [0.1, 0.15) is 32.0 Å². The van der Waals surface area contributed by atoms with E-state index in [4.69, 9.17) is 0 Å². The summed E-state index contributed by atoms with van der Waals surface area (Å²) in [5.74, 6) is 0.